The summed E-state index contributed by atoms with van der Waals surface area (Å²) in [6.07, 6.45) is 1.42. The van der Waals surface area contributed by atoms with Crippen LogP contribution in [-0.2, 0) is 15.0 Å². The van der Waals surface area contributed by atoms with E-state index in [-0.39, 0.29) is 17.7 Å². The first-order chi connectivity index (χ1) is 14.4. The van der Waals surface area contributed by atoms with Gasteiger partial charge in [0, 0.05) is 12.1 Å². The number of rotatable bonds is 5. The molecule has 0 bridgehead atoms. The van der Waals surface area contributed by atoms with Crippen LogP contribution in [0.2, 0.25) is 0 Å². The number of aryl methyl sites for hydroxylation is 1. The number of imide groups is 1. The predicted octanol–water partition coefficient (Wildman–Crippen LogP) is 4.52. The molecule has 1 aromatic carbocycles. The largest absolute Gasteiger partial charge is 0.321 e. The second-order valence-corrected chi connectivity index (χ2v) is 9.20. The fourth-order valence-corrected chi connectivity index (χ4v) is 5.50. The number of piperidine rings is 1. The van der Waals surface area contributed by atoms with Crippen molar-refractivity contribution in [3.05, 3.63) is 57.9 Å². The first-order valence-electron chi connectivity index (χ1n) is 9.70. The molecule has 8 heteroatoms. The Morgan fingerprint density at radius 3 is 2.63 bits per heavy atom. The normalized spacial score (nSPS) is 18.9. The predicted molar refractivity (Wildman–Crippen MR) is 119 cm³/mol. The molecule has 1 aliphatic heterocycles. The Morgan fingerprint density at radius 1 is 1.23 bits per heavy atom. The summed E-state index contributed by atoms with van der Waals surface area (Å²) < 4.78 is 0. The van der Waals surface area contributed by atoms with Crippen molar-refractivity contribution in [1.29, 1.82) is 0 Å². The zero-order chi connectivity index (χ0) is 21.3. The van der Waals surface area contributed by atoms with Crippen LogP contribution in [0.25, 0.3) is 9.88 Å². The maximum atomic E-state index is 12.8. The van der Waals surface area contributed by atoms with Crippen molar-refractivity contribution < 1.29 is 14.4 Å². The average molecular weight is 440 g/mol. The van der Waals surface area contributed by atoms with E-state index in [0.717, 1.165) is 15.4 Å². The quantitative estimate of drug-likeness (QED) is 0.572. The summed E-state index contributed by atoms with van der Waals surface area (Å²) in [5, 5.41) is 8.20. The van der Waals surface area contributed by atoms with E-state index >= 15 is 0 Å². The standard InChI is InChI=1S/C22H21N3O3S2/c1-3-22(11-10-17(26)25-21(22)28)14-6-8-15(9-7-14)24-19(27)18-13(2)23-20(30-18)16-5-4-12-29-16/h4-9,12H,3,10-11H2,1-2H3,(H,24,27)(H,25,26,28). The summed E-state index contributed by atoms with van der Waals surface area (Å²) in [4.78, 5) is 43.0. The molecular formula is C22H21N3O3S2. The monoisotopic (exact) mass is 439 g/mol. The maximum absolute atomic E-state index is 12.8. The summed E-state index contributed by atoms with van der Waals surface area (Å²) in [6.45, 7) is 3.78. The van der Waals surface area contributed by atoms with Crippen LogP contribution in [0.3, 0.4) is 0 Å². The van der Waals surface area contributed by atoms with E-state index in [4.69, 9.17) is 0 Å². The number of thiophene rings is 1. The molecular weight excluding hydrogens is 418 g/mol. The molecule has 0 spiro atoms. The number of anilines is 1. The molecule has 1 saturated heterocycles. The van der Waals surface area contributed by atoms with E-state index in [2.05, 4.69) is 15.6 Å². The lowest BCUT2D eigenvalue weighted by Crippen LogP contribution is -2.51. The van der Waals surface area contributed by atoms with Crippen molar-refractivity contribution >= 4 is 46.1 Å². The van der Waals surface area contributed by atoms with Crippen molar-refractivity contribution in [2.24, 2.45) is 0 Å². The Balaban J connectivity index is 1.52. The number of carbonyl (C=O) groups is 3. The van der Waals surface area contributed by atoms with Crippen molar-refractivity contribution in [2.45, 2.75) is 38.5 Å². The molecule has 3 aromatic rings. The van der Waals surface area contributed by atoms with Gasteiger partial charge >= 0.3 is 0 Å². The van der Waals surface area contributed by atoms with Gasteiger partial charge in [0.25, 0.3) is 5.91 Å². The van der Waals surface area contributed by atoms with Crippen molar-refractivity contribution in [2.75, 3.05) is 5.32 Å². The van der Waals surface area contributed by atoms with Crippen LogP contribution in [0.15, 0.2) is 41.8 Å². The molecule has 3 amide bonds. The third kappa shape index (κ3) is 3.68. The molecule has 1 unspecified atom stereocenters. The molecule has 0 radical (unpaired) electrons. The molecule has 1 aliphatic rings. The van der Waals surface area contributed by atoms with Gasteiger partial charge in [-0.3, -0.25) is 19.7 Å². The number of aromatic nitrogens is 1. The van der Waals surface area contributed by atoms with E-state index in [9.17, 15) is 14.4 Å². The van der Waals surface area contributed by atoms with Gasteiger partial charge in [0.15, 0.2) is 0 Å². The molecule has 6 nitrogen and oxygen atoms in total. The minimum absolute atomic E-state index is 0.202. The number of carbonyl (C=O) groups excluding carboxylic acids is 3. The smallest absolute Gasteiger partial charge is 0.267 e. The summed E-state index contributed by atoms with van der Waals surface area (Å²) in [5.74, 6) is -0.680. The molecule has 1 atom stereocenters. The van der Waals surface area contributed by atoms with Crippen molar-refractivity contribution in [1.82, 2.24) is 10.3 Å². The molecule has 154 valence electrons. The number of nitrogens with zero attached hydrogens (tertiary/aromatic N) is 1. The van der Waals surface area contributed by atoms with Crippen LogP contribution in [0.4, 0.5) is 5.69 Å². The number of benzene rings is 1. The lowest BCUT2D eigenvalue weighted by atomic mass is 9.72. The minimum atomic E-state index is -0.708. The van der Waals surface area contributed by atoms with Crippen LogP contribution in [0, 0.1) is 6.92 Å². The highest BCUT2D eigenvalue weighted by Crippen LogP contribution is 2.36. The average Bonchev–Trinajstić information content (AvgIpc) is 3.39. The molecule has 0 aliphatic carbocycles. The molecule has 30 heavy (non-hydrogen) atoms. The molecule has 2 N–H and O–H groups in total. The Labute approximate surface area is 182 Å². The van der Waals surface area contributed by atoms with Crippen LogP contribution in [0.1, 0.15) is 47.1 Å². The summed E-state index contributed by atoms with van der Waals surface area (Å²) in [5.41, 5.74) is 1.49. The summed E-state index contributed by atoms with van der Waals surface area (Å²) >= 11 is 2.97. The zero-order valence-corrected chi connectivity index (χ0v) is 18.3. The maximum Gasteiger partial charge on any atom is 0.267 e. The Hall–Kier alpha value is -2.84. The Kier molecular flexibility index (Phi) is 5.53. The van der Waals surface area contributed by atoms with Gasteiger partial charge < -0.3 is 5.32 Å². The van der Waals surface area contributed by atoms with E-state index in [1.54, 1.807) is 23.5 Å². The Bertz CT molecular complexity index is 1100. The van der Waals surface area contributed by atoms with Gasteiger partial charge in [0.2, 0.25) is 11.8 Å². The minimum Gasteiger partial charge on any atom is -0.321 e. The SMILES string of the molecule is CCC1(c2ccc(NC(=O)c3sc(-c4cccs4)nc3C)cc2)CCC(=O)NC1=O. The number of hydrogen-bond acceptors (Lipinski definition) is 6. The second kappa shape index (κ2) is 8.12. The zero-order valence-electron chi connectivity index (χ0n) is 16.7. The third-order valence-electron chi connectivity index (χ3n) is 5.50. The van der Waals surface area contributed by atoms with Gasteiger partial charge in [0.05, 0.1) is 16.0 Å². The highest BCUT2D eigenvalue weighted by Gasteiger charge is 2.42. The molecule has 3 heterocycles. The summed E-state index contributed by atoms with van der Waals surface area (Å²) in [6, 6.07) is 11.2. The van der Waals surface area contributed by atoms with Gasteiger partial charge in [-0.05, 0) is 48.9 Å². The van der Waals surface area contributed by atoms with Crippen molar-refractivity contribution in [3.8, 4) is 9.88 Å². The van der Waals surface area contributed by atoms with Crippen LogP contribution >= 0.6 is 22.7 Å². The first kappa shape index (κ1) is 20.4. The number of thiazole rings is 1. The topological polar surface area (TPSA) is 88.2 Å². The van der Waals surface area contributed by atoms with Crippen LogP contribution in [0.5, 0.6) is 0 Å². The van der Waals surface area contributed by atoms with E-state index < -0.39 is 5.41 Å². The van der Waals surface area contributed by atoms with Crippen LogP contribution < -0.4 is 10.6 Å². The molecule has 2 aromatic heterocycles. The van der Waals surface area contributed by atoms with Gasteiger partial charge in [-0.15, -0.1) is 22.7 Å². The number of nitrogens with one attached hydrogen (secondary N) is 2. The van der Waals surface area contributed by atoms with Crippen molar-refractivity contribution in [3.63, 3.8) is 0 Å². The van der Waals surface area contributed by atoms with E-state index in [1.165, 1.54) is 11.3 Å². The highest BCUT2D eigenvalue weighted by atomic mass is 32.1. The summed E-state index contributed by atoms with van der Waals surface area (Å²) in [7, 11) is 0. The number of amides is 3. The van der Waals surface area contributed by atoms with E-state index in [1.807, 2.05) is 43.5 Å². The fraction of sp³-hybridized carbons (Fsp3) is 0.273. The van der Waals surface area contributed by atoms with E-state index in [0.29, 0.717) is 35.5 Å². The van der Waals surface area contributed by atoms with Gasteiger partial charge in [0.1, 0.15) is 9.88 Å². The second-order valence-electron chi connectivity index (χ2n) is 7.26. The molecule has 0 saturated carbocycles. The third-order valence-corrected chi connectivity index (χ3v) is 7.70. The first-order valence-corrected chi connectivity index (χ1v) is 11.4. The Morgan fingerprint density at radius 2 is 2.00 bits per heavy atom. The van der Waals surface area contributed by atoms with Gasteiger partial charge in [-0.1, -0.05) is 25.1 Å². The van der Waals surface area contributed by atoms with Gasteiger partial charge in [-0.2, -0.15) is 0 Å². The fourth-order valence-electron chi connectivity index (χ4n) is 3.74. The molecule has 1 fully saturated rings. The molecule has 4 rings (SSSR count). The number of hydrogen-bond donors (Lipinski definition) is 2. The lowest BCUT2D eigenvalue weighted by molar-refractivity contribution is -0.138. The lowest BCUT2D eigenvalue weighted by Gasteiger charge is -2.35. The highest BCUT2D eigenvalue weighted by molar-refractivity contribution is 7.22. The van der Waals surface area contributed by atoms with Gasteiger partial charge in [-0.25, -0.2) is 4.98 Å². The van der Waals surface area contributed by atoms with Crippen LogP contribution in [-0.4, -0.2) is 22.7 Å².